The number of rotatable bonds is 21. The van der Waals surface area contributed by atoms with E-state index < -0.39 is 0 Å². The molecule has 0 radical (unpaired) electrons. The number of aliphatic hydroxyl groups excluding tert-OH is 1. The maximum Gasteiger partial charge on any atom is 0.113 e. The first-order valence-corrected chi connectivity index (χ1v) is 14.4. The van der Waals surface area contributed by atoms with Gasteiger partial charge in [0, 0.05) is 0 Å². The molecule has 190 valence electrons. The van der Waals surface area contributed by atoms with Crippen LogP contribution < -0.4 is 0 Å². The third-order valence-corrected chi connectivity index (χ3v) is 7.66. The second-order valence-electron chi connectivity index (χ2n) is 10.6. The first-order chi connectivity index (χ1) is 15.8. The van der Waals surface area contributed by atoms with Gasteiger partial charge in [-0.15, -0.1) is 0 Å². The van der Waals surface area contributed by atoms with Gasteiger partial charge in [-0.2, -0.15) is 0 Å². The van der Waals surface area contributed by atoms with E-state index in [1.807, 2.05) is 0 Å². The van der Waals surface area contributed by atoms with Crippen molar-refractivity contribution in [3.63, 3.8) is 0 Å². The number of hydrogen-bond donors (Lipinski definition) is 1. The van der Waals surface area contributed by atoms with E-state index in [9.17, 15) is 5.11 Å². The zero-order valence-corrected chi connectivity index (χ0v) is 21.6. The van der Waals surface area contributed by atoms with Gasteiger partial charge in [-0.1, -0.05) is 117 Å². The second-order valence-corrected chi connectivity index (χ2v) is 10.6. The van der Waals surface area contributed by atoms with Gasteiger partial charge in [0.2, 0.25) is 0 Å². The maximum atomic E-state index is 10.1. The summed E-state index contributed by atoms with van der Waals surface area (Å²) < 4.78 is 12.4. The number of unbranched alkanes of at least 4 members (excludes halogenated alkanes) is 16. The Balaban J connectivity index is 1.60. The highest BCUT2D eigenvalue weighted by Crippen LogP contribution is 2.39. The summed E-state index contributed by atoms with van der Waals surface area (Å²) in [5.74, 6) is 0. The van der Waals surface area contributed by atoms with Crippen molar-refractivity contribution in [3.8, 4) is 0 Å². The van der Waals surface area contributed by atoms with Gasteiger partial charge in [-0.3, -0.25) is 0 Å². The highest BCUT2D eigenvalue weighted by atomic mass is 16.6. The summed E-state index contributed by atoms with van der Waals surface area (Å²) in [5, 5.41) is 10.1. The molecule has 0 aliphatic carbocycles. The predicted octanol–water partition coefficient (Wildman–Crippen LogP) is 7.57. The average molecular weight is 454 g/mol. The molecule has 2 saturated heterocycles. The highest BCUT2D eigenvalue weighted by molar-refractivity contribution is 5.01. The molecule has 2 unspecified atom stereocenters. The molecular weight excluding hydrogens is 398 g/mol. The predicted molar refractivity (Wildman–Crippen MR) is 135 cm³/mol. The van der Waals surface area contributed by atoms with Crippen molar-refractivity contribution in [2.45, 2.75) is 160 Å². The Morgan fingerprint density at radius 2 is 0.938 bits per heavy atom. The Kier molecular flexibility index (Phi) is 15.2. The molecule has 0 amide bonds. The normalized spacial score (nSPS) is 25.6. The lowest BCUT2D eigenvalue weighted by Crippen LogP contribution is -2.51. The Hall–Kier alpha value is -0.160. The molecule has 1 N–H and O–H groups in total. The maximum absolute atomic E-state index is 10.1. The van der Waals surface area contributed by atoms with Crippen LogP contribution in [-0.4, -0.2) is 47.8 Å². The third-order valence-electron chi connectivity index (χ3n) is 7.66. The smallest absolute Gasteiger partial charge is 0.113 e. The molecule has 2 rings (SSSR count). The number of hydrogen-bond acceptors (Lipinski definition) is 4. The molecule has 0 bridgehead atoms. The van der Waals surface area contributed by atoms with E-state index in [1.165, 1.54) is 116 Å². The molecular formula is C28H55NO3. The molecule has 2 aliphatic heterocycles. The van der Waals surface area contributed by atoms with Crippen LogP contribution in [0.3, 0.4) is 0 Å². The fraction of sp³-hybridized carbons (Fsp3) is 1.00. The number of aliphatic hydroxyl groups is 1. The van der Waals surface area contributed by atoms with E-state index in [-0.39, 0.29) is 24.6 Å². The van der Waals surface area contributed by atoms with Gasteiger partial charge in [0.15, 0.2) is 0 Å². The molecule has 0 spiro atoms. The molecule has 0 aromatic heterocycles. The van der Waals surface area contributed by atoms with Gasteiger partial charge < -0.3 is 14.6 Å². The summed E-state index contributed by atoms with van der Waals surface area (Å²) in [7, 11) is 0. The average Bonchev–Trinajstić information content (AvgIpc) is 3.35. The first-order valence-electron chi connectivity index (χ1n) is 14.4. The lowest BCUT2D eigenvalue weighted by Gasteiger charge is -2.32. The van der Waals surface area contributed by atoms with Crippen molar-refractivity contribution < 1.29 is 14.6 Å². The van der Waals surface area contributed by atoms with Gasteiger partial charge in [0.05, 0.1) is 25.4 Å². The molecule has 0 aromatic carbocycles. The number of nitrogens with zero attached hydrogens (tertiary/aromatic N) is 1. The summed E-state index contributed by atoms with van der Waals surface area (Å²) in [6.45, 7) is 5.96. The molecule has 2 atom stereocenters. The molecule has 2 aliphatic rings. The van der Waals surface area contributed by atoms with E-state index in [0.717, 1.165) is 12.8 Å². The Morgan fingerprint density at radius 1 is 0.594 bits per heavy atom. The van der Waals surface area contributed by atoms with Gasteiger partial charge in [-0.25, -0.2) is 4.90 Å². The topological polar surface area (TPSA) is 41.9 Å². The lowest BCUT2D eigenvalue weighted by molar-refractivity contribution is -0.0666. The summed E-state index contributed by atoms with van der Waals surface area (Å²) >= 11 is 0. The van der Waals surface area contributed by atoms with Crippen LogP contribution in [0.15, 0.2) is 0 Å². The van der Waals surface area contributed by atoms with E-state index in [1.54, 1.807) is 0 Å². The van der Waals surface area contributed by atoms with Gasteiger partial charge >= 0.3 is 0 Å². The van der Waals surface area contributed by atoms with Crippen LogP contribution in [0, 0.1) is 0 Å². The van der Waals surface area contributed by atoms with Crippen LogP contribution in [0.5, 0.6) is 0 Å². The van der Waals surface area contributed by atoms with Crippen molar-refractivity contribution in [3.05, 3.63) is 0 Å². The fourth-order valence-electron chi connectivity index (χ4n) is 5.53. The minimum absolute atomic E-state index is 0.137. The van der Waals surface area contributed by atoms with Crippen LogP contribution in [-0.2, 0) is 9.47 Å². The summed E-state index contributed by atoms with van der Waals surface area (Å²) in [4.78, 5) is 2.42. The largest absolute Gasteiger partial charge is 0.394 e. The van der Waals surface area contributed by atoms with Gasteiger partial charge in [-0.05, 0) is 25.7 Å². The van der Waals surface area contributed by atoms with E-state index in [2.05, 4.69) is 18.7 Å². The van der Waals surface area contributed by atoms with Crippen molar-refractivity contribution in [1.29, 1.82) is 0 Å². The minimum atomic E-state index is -0.284. The molecule has 4 nitrogen and oxygen atoms in total. The second kappa shape index (κ2) is 17.3. The van der Waals surface area contributed by atoms with Gasteiger partial charge in [0.1, 0.15) is 12.5 Å². The molecule has 4 heteroatoms. The Bertz CT molecular complexity index is 410. The number of ether oxygens (including phenoxy) is 2. The lowest BCUT2D eigenvalue weighted by atomic mass is 10.0. The fourth-order valence-corrected chi connectivity index (χ4v) is 5.53. The molecule has 32 heavy (non-hydrogen) atoms. The van der Waals surface area contributed by atoms with Crippen LogP contribution in [0.1, 0.15) is 142 Å². The quantitative estimate of drug-likeness (QED) is 0.182. The van der Waals surface area contributed by atoms with E-state index in [0.29, 0.717) is 13.2 Å². The summed E-state index contributed by atoms with van der Waals surface area (Å²) in [6, 6.07) is 0. The van der Waals surface area contributed by atoms with Crippen molar-refractivity contribution in [2.75, 3.05) is 19.8 Å². The highest BCUT2D eigenvalue weighted by Gasteiger charge is 2.55. The molecule has 0 aromatic rings. The van der Waals surface area contributed by atoms with E-state index in [4.69, 9.17) is 9.47 Å². The molecule has 2 fully saturated rings. The Labute approximate surface area is 199 Å². The van der Waals surface area contributed by atoms with Crippen molar-refractivity contribution >= 4 is 0 Å². The zero-order valence-electron chi connectivity index (χ0n) is 21.6. The van der Waals surface area contributed by atoms with Crippen LogP contribution in [0.4, 0.5) is 0 Å². The van der Waals surface area contributed by atoms with Gasteiger partial charge in [0.25, 0.3) is 0 Å². The first kappa shape index (κ1) is 28.1. The summed E-state index contributed by atoms with van der Waals surface area (Å²) in [5.41, 5.74) is -0.284. The minimum Gasteiger partial charge on any atom is -0.394 e. The van der Waals surface area contributed by atoms with E-state index >= 15 is 0 Å². The monoisotopic (exact) mass is 453 g/mol. The standard InChI is InChI=1S/C28H55NO3/c1-3-5-7-9-11-13-15-17-19-21-26-29-27(32-25-28(29,23-30)24-31-26)22-20-18-16-14-12-10-8-6-4-2/h26-27,30H,3-25H2,1-2H3. The summed E-state index contributed by atoms with van der Waals surface area (Å²) in [6.07, 6.45) is 26.8. The third kappa shape index (κ3) is 9.60. The zero-order chi connectivity index (χ0) is 22.9. The van der Waals surface area contributed by atoms with Crippen molar-refractivity contribution in [2.24, 2.45) is 0 Å². The van der Waals surface area contributed by atoms with Crippen molar-refractivity contribution in [1.82, 2.24) is 4.90 Å². The number of fused-ring (bicyclic) bond motifs is 1. The van der Waals surface area contributed by atoms with Crippen LogP contribution in [0.25, 0.3) is 0 Å². The Morgan fingerprint density at radius 3 is 1.28 bits per heavy atom. The van der Waals surface area contributed by atoms with Crippen LogP contribution >= 0.6 is 0 Å². The molecule has 2 heterocycles. The van der Waals surface area contributed by atoms with Crippen LogP contribution in [0.2, 0.25) is 0 Å². The molecule has 0 saturated carbocycles. The SMILES string of the molecule is CCCCCCCCCCCC1OCC2(CO)COC(CCCCCCCCCCC)N12.